The van der Waals surface area contributed by atoms with Crippen molar-refractivity contribution in [2.75, 3.05) is 19.6 Å². The minimum atomic E-state index is -0.381. The summed E-state index contributed by atoms with van der Waals surface area (Å²) in [5.41, 5.74) is 1.71. The molecule has 180 valence electrons. The molecule has 0 bridgehead atoms. The highest BCUT2D eigenvalue weighted by molar-refractivity contribution is 5.98. The maximum Gasteiger partial charge on any atom is 0.251 e. The number of hydrogen-bond acceptors (Lipinski definition) is 4. The summed E-state index contributed by atoms with van der Waals surface area (Å²) in [5, 5.41) is 6.40. The molecule has 1 aromatic rings. The van der Waals surface area contributed by atoms with E-state index in [9.17, 15) is 14.4 Å². The van der Waals surface area contributed by atoms with E-state index in [2.05, 4.69) is 16.7 Å². The van der Waals surface area contributed by atoms with E-state index in [1.807, 2.05) is 30.0 Å². The number of carbonyl (C=O) groups is 3. The van der Waals surface area contributed by atoms with Gasteiger partial charge in [-0.05, 0) is 62.1 Å². The summed E-state index contributed by atoms with van der Waals surface area (Å²) in [6.07, 6.45) is 10.3. The van der Waals surface area contributed by atoms with E-state index in [0.717, 1.165) is 50.6 Å². The molecule has 4 rings (SSSR count). The average Bonchev–Trinajstić information content (AvgIpc) is 3.70. The van der Waals surface area contributed by atoms with Crippen LogP contribution in [0.4, 0.5) is 0 Å². The van der Waals surface area contributed by atoms with E-state index >= 15 is 0 Å². The lowest BCUT2D eigenvalue weighted by atomic mass is 9.81. The Labute approximate surface area is 197 Å². The van der Waals surface area contributed by atoms with Crippen LogP contribution >= 0.6 is 0 Å². The van der Waals surface area contributed by atoms with Crippen LogP contribution in [0.3, 0.4) is 0 Å². The fourth-order valence-electron chi connectivity index (χ4n) is 5.41. The molecule has 2 N–H and O–H groups in total. The summed E-state index contributed by atoms with van der Waals surface area (Å²) in [6, 6.07) is 7.93. The van der Waals surface area contributed by atoms with E-state index in [-0.39, 0.29) is 35.5 Å². The molecule has 0 spiro atoms. The van der Waals surface area contributed by atoms with Crippen molar-refractivity contribution in [1.29, 1.82) is 0 Å². The Morgan fingerprint density at radius 3 is 2.55 bits per heavy atom. The zero-order valence-electron chi connectivity index (χ0n) is 20.0. The molecule has 33 heavy (non-hydrogen) atoms. The van der Waals surface area contributed by atoms with Crippen molar-refractivity contribution in [2.24, 2.45) is 5.92 Å². The first-order valence-electron chi connectivity index (χ1n) is 13.0. The van der Waals surface area contributed by atoms with Crippen LogP contribution in [0.2, 0.25) is 0 Å². The Kier molecular flexibility index (Phi) is 8.18. The van der Waals surface area contributed by atoms with Gasteiger partial charge in [0.2, 0.25) is 5.91 Å². The van der Waals surface area contributed by atoms with E-state index in [1.54, 1.807) is 0 Å². The molecular formula is C27H39N3O3. The molecule has 0 radical (unpaired) electrons. The normalized spacial score (nSPS) is 22.6. The van der Waals surface area contributed by atoms with Crippen LogP contribution in [0.25, 0.3) is 0 Å². The lowest BCUT2D eigenvalue weighted by Gasteiger charge is -2.33. The lowest BCUT2D eigenvalue weighted by molar-refractivity contribution is -0.131. The number of piperidine rings is 1. The second kappa shape index (κ2) is 11.3. The minimum Gasteiger partial charge on any atom is -0.342 e. The largest absolute Gasteiger partial charge is 0.342 e. The van der Waals surface area contributed by atoms with Crippen LogP contribution in [0.5, 0.6) is 0 Å². The molecule has 0 aromatic heterocycles. The third kappa shape index (κ3) is 6.44. The molecule has 1 saturated heterocycles. The van der Waals surface area contributed by atoms with Gasteiger partial charge in [-0.15, -0.1) is 0 Å². The van der Waals surface area contributed by atoms with Crippen molar-refractivity contribution in [3.05, 3.63) is 35.4 Å². The predicted molar refractivity (Wildman–Crippen MR) is 129 cm³/mol. The number of nitrogens with one attached hydrogen (secondary N) is 2. The van der Waals surface area contributed by atoms with E-state index < -0.39 is 0 Å². The molecule has 2 amide bonds. The highest BCUT2D eigenvalue weighted by Gasteiger charge is 2.31. The standard InChI is InChI=1S/C27H39N3O3/c1-2-24(31)26(19-8-4-3-5-9-19)29-27(33)21-11-6-10-20(16-21)22-12-7-15-30(18-22)25(32)17-28-23-13-14-23/h6,10-11,16,19,22-23,26,28H,2-5,7-9,12-15,17-18H2,1H3,(H,29,33)/t22?,26-/m1/s1. The monoisotopic (exact) mass is 453 g/mol. The number of ketones is 1. The predicted octanol–water partition coefficient (Wildman–Crippen LogP) is 3.80. The van der Waals surface area contributed by atoms with Crippen molar-refractivity contribution < 1.29 is 14.4 Å². The maximum atomic E-state index is 13.1. The Bertz CT molecular complexity index is 845. The first kappa shape index (κ1) is 23.9. The first-order chi connectivity index (χ1) is 16.0. The molecule has 2 atom stereocenters. The van der Waals surface area contributed by atoms with Gasteiger partial charge in [-0.2, -0.15) is 0 Å². The molecule has 2 aliphatic carbocycles. The number of rotatable bonds is 9. The van der Waals surface area contributed by atoms with Gasteiger partial charge < -0.3 is 15.5 Å². The Balaban J connectivity index is 1.40. The fraction of sp³-hybridized carbons (Fsp3) is 0.667. The van der Waals surface area contributed by atoms with Gasteiger partial charge in [-0.25, -0.2) is 0 Å². The van der Waals surface area contributed by atoms with Crippen molar-refractivity contribution >= 4 is 17.6 Å². The van der Waals surface area contributed by atoms with Gasteiger partial charge >= 0.3 is 0 Å². The van der Waals surface area contributed by atoms with E-state index in [4.69, 9.17) is 0 Å². The summed E-state index contributed by atoms with van der Waals surface area (Å²) in [5.74, 6) is 0.636. The van der Waals surface area contributed by atoms with Crippen LogP contribution in [0.1, 0.15) is 93.0 Å². The molecule has 1 aromatic carbocycles. The zero-order chi connectivity index (χ0) is 23.2. The summed E-state index contributed by atoms with van der Waals surface area (Å²) >= 11 is 0. The van der Waals surface area contributed by atoms with Gasteiger partial charge in [0.1, 0.15) is 0 Å². The van der Waals surface area contributed by atoms with Gasteiger partial charge in [0, 0.05) is 37.0 Å². The zero-order valence-corrected chi connectivity index (χ0v) is 20.0. The number of Topliss-reactive ketones (excluding diaryl/α,β-unsaturated/α-hetero) is 1. The second-order valence-electron chi connectivity index (χ2n) is 10.1. The van der Waals surface area contributed by atoms with Crippen molar-refractivity contribution in [2.45, 2.75) is 89.1 Å². The fourth-order valence-corrected chi connectivity index (χ4v) is 5.41. The Morgan fingerprint density at radius 1 is 1.03 bits per heavy atom. The highest BCUT2D eigenvalue weighted by atomic mass is 16.2. The SMILES string of the molecule is CCC(=O)[C@H](NC(=O)c1cccc(C2CCCN(C(=O)CNC3CC3)C2)c1)C1CCCCC1. The summed E-state index contributed by atoms with van der Waals surface area (Å²) in [4.78, 5) is 40.4. The average molecular weight is 454 g/mol. The van der Waals surface area contributed by atoms with Crippen LogP contribution in [0, 0.1) is 5.92 Å². The van der Waals surface area contributed by atoms with Gasteiger partial charge in [-0.1, -0.05) is 38.3 Å². The first-order valence-corrected chi connectivity index (χ1v) is 13.0. The Hall–Kier alpha value is -2.21. The van der Waals surface area contributed by atoms with Crippen molar-refractivity contribution in [3.63, 3.8) is 0 Å². The molecular weight excluding hydrogens is 414 g/mol. The molecule has 6 heteroatoms. The second-order valence-corrected chi connectivity index (χ2v) is 10.1. The van der Waals surface area contributed by atoms with Gasteiger partial charge in [0.25, 0.3) is 5.91 Å². The van der Waals surface area contributed by atoms with E-state index in [1.165, 1.54) is 19.3 Å². The molecule has 1 unspecified atom stereocenters. The summed E-state index contributed by atoms with van der Waals surface area (Å²) in [7, 11) is 0. The van der Waals surface area contributed by atoms with E-state index in [0.29, 0.717) is 31.1 Å². The molecule has 1 heterocycles. The summed E-state index contributed by atoms with van der Waals surface area (Å²) < 4.78 is 0. The lowest BCUT2D eigenvalue weighted by Crippen LogP contribution is -2.46. The third-order valence-electron chi connectivity index (χ3n) is 7.62. The van der Waals surface area contributed by atoms with Gasteiger partial charge in [0.15, 0.2) is 5.78 Å². The summed E-state index contributed by atoms with van der Waals surface area (Å²) in [6.45, 7) is 3.81. The Morgan fingerprint density at radius 2 is 1.82 bits per heavy atom. The molecule has 3 aliphatic rings. The molecule has 6 nitrogen and oxygen atoms in total. The quantitative estimate of drug-likeness (QED) is 0.596. The number of carbonyl (C=O) groups excluding carboxylic acids is 3. The number of likely N-dealkylation sites (tertiary alicyclic amines) is 1. The van der Waals surface area contributed by atoms with Gasteiger partial charge in [-0.3, -0.25) is 14.4 Å². The molecule has 3 fully saturated rings. The molecule has 2 saturated carbocycles. The number of amides is 2. The maximum absolute atomic E-state index is 13.1. The number of hydrogen-bond donors (Lipinski definition) is 2. The third-order valence-corrected chi connectivity index (χ3v) is 7.62. The number of nitrogens with zero attached hydrogens (tertiary/aromatic N) is 1. The van der Waals surface area contributed by atoms with Crippen LogP contribution in [-0.4, -0.2) is 54.2 Å². The topological polar surface area (TPSA) is 78.5 Å². The van der Waals surface area contributed by atoms with Crippen LogP contribution in [0.15, 0.2) is 24.3 Å². The van der Waals surface area contributed by atoms with Gasteiger partial charge in [0.05, 0.1) is 12.6 Å². The molecule has 1 aliphatic heterocycles. The number of benzene rings is 1. The van der Waals surface area contributed by atoms with Crippen molar-refractivity contribution in [1.82, 2.24) is 15.5 Å². The van der Waals surface area contributed by atoms with Crippen LogP contribution < -0.4 is 10.6 Å². The minimum absolute atomic E-state index is 0.132. The van der Waals surface area contributed by atoms with Crippen LogP contribution in [-0.2, 0) is 9.59 Å². The van der Waals surface area contributed by atoms with Crippen molar-refractivity contribution in [3.8, 4) is 0 Å². The smallest absolute Gasteiger partial charge is 0.251 e. The highest BCUT2D eigenvalue weighted by Crippen LogP contribution is 2.29.